The van der Waals surface area contributed by atoms with Crippen LogP contribution < -0.4 is 4.72 Å². The highest BCUT2D eigenvalue weighted by Crippen LogP contribution is 2.31. The molecule has 0 spiro atoms. The van der Waals surface area contributed by atoms with Gasteiger partial charge in [0, 0.05) is 29.1 Å². The van der Waals surface area contributed by atoms with E-state index in [0.29, 0.717) is 4.91 Å². The van der Waals surface area contributed by atoms with Gasteiger partial charge in [-0.15, -0.1) is 0 Å². The lowest BCUT2D eigenvalue weighted by Crippen LogP contribution is -2.42. The number of aromatic amines is 1. The van der Waals surface area contributed by atoms with Crippen LogP contribution in [0.4, 0.5) is 0 Å². The monoisotopic (exact) mass is 476 g/mol. The lowest BCUT2D eigenvalue weighted by atomic mass is 10.1. The van der Waals surface area contributed by atoms with Gasteiger partial charge in [-0.05, 0) is 48.8 Å². The molecule has 0 unspecified atom stereocenters. The maximum atomic E-state index is 13.0. The van der Waals surface area contributed by atoms with E-state index in [4.69, 9.17) is 0 Å². The number of hydrogen-bond acceptors (Lipinski definition) is 4. The lowest BCUT2D eigenvalue weighted by Gasteiger charge is -2.16. The van der Waals surface area contributed by atoms with E-state index >= 15 is 0 Å². The molecule has 1 aromatic heterocycles. The van der Waals surface area contributed by atoms with E-state index in [-0.39, 0.29) is 10.7 Å². The molecule has 0 aliphatic carbocycles. The van der Waals surface area contributed by atoms with E-state index in [1.165, 1.54) is 12.2 Å². The number of sulfonamides is 1. The number of carboxylic acid groups (broad SMARTS) is 1. The average molecular weight is 477 g/mol. The number of para-hydroxylation sites is 1. The molecule has 8 heteroatoms. The number of carbonyl (C=O) groups is 1. The second kappa shape index (κ2) is 9.57. The quantitative estimate of drug-likeness (QED) is 0.368. The Bertz CT molecular complexity index is 1480. The van der Waals surface area contributed by atoms with Gasteiger partial charge in [-0.2, -0.15) is 4.72 Å². The molecule has 1 aliphatic heterocycles. The van der Waals surface area contributed by atoms with Crippen LogP contribution in [0.3, 0.4) is 0 Å². The Kier molecular flexibility index (Phi) is 6.59. The maximum Gasteiger partial charge on any atom is 0.322 e. The summed E-state index contributed by atoms with van der Waals surface area (Å²) >= 11 is 0.937. The van der Waals surface area contributed by atoms with Crippen LogP contribution in [0.2, 0.25) is 0 Å². The number of nitrogens with one attached hydrogen (secondary N) is 2. The Balaban J connectivity index is 1.49. The third-order valence-corrected chi connectivity index (χ3v) is 7.90. The number of H-pyrrole nitrogens is 1. The van der Waals surface area contributed by atoms with Crippen LogP contribution in [0.25, 0.3) is 10.9 Å². The highest BCUT2D eigenvalue weighted by atomic mass is 32.3. The van der Waals surface area contributed by atoms with Crippen molar-refractivity contribution in [3.8, 4) is 11.8 Å². The first kappa shape index (κ1) is 22.7. The fourth-order valence-corrected chi connectivity index (χ4v) is 5.59. The Hall–Kier alpha value is -3.47. The van der Waals surface area contributed by atoms with Gasteiger partial charge >= 0.3 is 5.97 Å². The molecule has 3 aromatic rings. The van der Waals surface area contributed by atoms with Crippen LogP contribution in [0.15, 0.2) is 81.8 Å². The van der Waals surface area contributed by atoms with Crippen LogP contribution in [-0.2, 0) is 21.2 Å². The molecule has 166 valence electrons. The fourth-order valence-electron chi connectivity index (χ4n) is 3.27. The topological polar surface area (TPSA) is 99.3 Å². The van der Waals surface area contributed by atoms with Gasteiger partial charge in [-0.1, -0.05) is 59.3 Å². The zero-order valence-corrected chi connectivity index (χ0v) is 19.3. The zero-order valence-electron chi connectivity index (χ0n) is 17.6. The Labute approximate surface area is 196 Å². The predicted molar refractivity (Wildman–Crippen MR) is 131 cm³/mol. The Morgan fingerprint density at radius 3 is 2.70 bits per heavy atom. The van der Waals surface area contributed by atoms with E-state index in [2.05, 4.69) is 27.3 Å². The van der Waals surface area contributed by atoms with Gasteiger partial charge in [0.05, 0.1) is 0 Å². The van der Waals surface area contributed by atoms with Gasteiger partial charge in [-0.25, -0.2) is 8.42 Å². The summed E-state index contributed by atoms with van der Waals surface area (Å²) in [7, 11) is -4.08. The normalized spacial score (nSPS) is 14.2. The number of benzene rings is 2. The summed E-state index contributed by atoms with van der Waals surface area (Å²) in [4.78, 5) is 15.4. The molecule has 3 N–H and O–H groups in total. The van der Waals surface area contributed by atoms with Crippen LogP contribution in [0.5, 0.6) is 0 Å². The van der Waals surface area contributed by atoms with Crippen molar-refractivity contribution in [1.82, 2.24) is 9.71 Å². The molecular weight excluding hydrogens is 456 g/mol. The van der Waals surface area contributed by atoms with Crippen LogP contribution in [-0.4, -0.2) is 30.5 Å². The number of fused-ring (bicyclic) bond motifs is 1. The van der Waals surface area contributed by atoms with Crippen molar-refractivity contribution in [2.24, 2.45) is 0 Å². The molecule has 0 radical (unpaired) electrons. The maximum absolute atomic E-state index is 13.0. The highest BCUT2D eigenvalue weighted by Gasteiger charge is 2.29. The van der Waals surface area contributed by atoms with E-state index in [1.807, 2.05) is 55.5 Å². The first-order valence-corrected chi connectivity index (χ1v) is 12.4. The summed E-state index contributed by atoms with van der Waals surface area (Å²) in [6, 6.07) is 13.8. The molecule has 33 heavy (non-hydrogen) atoms. The zero-order chi connectivity index (χ0) is 23.4. The molecule has 0 bridgehead atoms. The van der Waals surface area contributed by atoms with Crippen molar-refractivity contribution in [2.75, 3.05) is 0 Å². The molecular formula is C25H20N2O4S2. The predicted octanol–water partition coefficient (Wildman–Crippen LogP) is 4.07. The van der Waals surface area contributed by atoms with Crippen LogP contribution in [0.1, 0.15) is 16.7 Å². The summed E-state index contributed by atoms with van der Waals surface area (Å²) in [6.45, 7) is 1.98. The number of hydrogen-bond donors (Lipinski definition) is 3. The van der Waals surface area contributed by atoms with Gasteiger partial charge in [0.1, 0.15) is 15.2 Å². The number of aryl methyl sites for hydroxylation is 1. The standard InChI is InChI=1S/C25H20N2O4S2/c1-17-9-11-18(12-10-17)13-14-20-5-4-8-24(32-20)33(30,31)27-23(25(28)29)15-19-16-26-22-7-3-2-6-21(19)22/h2-4,6-12,16,23,26-27H,15H2,1H3,(H,28,29)/t23-/m1/s1. The average Bonchev–Trinajstić information content (AvgIpc) is 3.21. The van der Waals surface area contributed by atoms with Gasteiger partial charge in [0.2, 0.25) is 10.0 Å². The number of aliphatic carboxylic acids is 1. The van der Waals surface area contributed by atoms with Gasteiger partial charge in [0.25, 0.3) is 0 Å². The van der Waals surface area contributed by atoms with Crippen molar-refractivity contribution in [3.05, 3.63) is 98.4 Å². The summed E-state index contributed by atoms with van der Waals surface area (Å²) in [5.74, 6) is 4.66. The Morgan fingerprint density at radius 2 is 1.94 bits per heavy atom. The van der Waals surface area contributed by atoms with Gasteiger partial charge in [0.15, 0.2) is 0 Å². The van der Waals surface area contributed by atoms with Crippen molar-refractivity contribution >= 4 is 38.7 Å². The molecule has 0 saturated heterocycles. The number of allylic oxidation sites excluding steroid dienone is 2. The third-order valence-electron chi connectivity index (χ3n) is 4.97. The van der Waals surface area contributed by atoms with Crippen molar-refractivity contribution in [1.29, 1.82) is 0 Å². The summed E-state index contributed by atoms with van der Waals surface area (Å²) in [5.41, 5.74) is 6.43. The molecule has 0 amide bonds. The minimum atomic E-state index is -4.08. The van der Waals surface area contributed by atoms with E-state index in [0.717, 1.165) is 39.4 Å². The summed E-state index contributed by atoms with van der Waals surface area (Å²) < 4.78 is 28.2. The van der Waals surface area contributed by atoms with E-state index in [9.17, 15) is 18.3 Å². The molecule has 6 nitrogen and oxygen atoms in total. The number of thioether (sulfide) groups is 1. The lowest BCUT2D eigenvalue weighted by molar-refractivity contribution is -0.138. The first-order valence-electron chi connectivity index (χ1n) is 10.1. The fraction of sp³-hybridized carbons (Fsp3) is 0.120. The van der Waals surface area contributed by atoms with Gasteiger partial charge in [-0.3, -0.25) is 4.79 Å². The second-order valence-electron chi connectivity index (χ2n) is 7.42. The van der Waals surface area contributed by atoms with E-state index in [1.54, 1.807) is 6.20 Å². The molecule has 0 fully saturated rings. The summed E-state index contributed by atoms with van der Waals surface area (Å²) in [6.07, 6.45) is 4.56. The molecule has 0 saturated carbocycles. The highest BCUT2D eigenvalue weighted by molar-refractivity contribution is 8.20. The molecule has 2 aromatic carbocycles. The summed E-state index contributed by atoms with van der Waals surface area (Å²) in [5, 5.41) is 10.5. The molecule has 1 aliphatic rings. The smallest absolute Gasteiger partial charge is 0.322 e. The molecule has 4 rings (SSSR count). The first-order chi connectivity index (χ1) is 15.8. The SMILES string of the molecule is Cc1ccc(C#CC2=C=CC=C(S(=O)(=O)N[C@H](Cc3c[nH]c4ccccc34)C(=O)O)S2)cc1. The third kappa shape index (κ3) is 5.48. The minimum Gasteiger partial charge on any atom is -0.480 e. The van der Waals surface area contributed by atoms with Crippen molar-refractivity contribution < 1.29 is 18.3 Å². The van der Waals surface area contributed by atoms with Crippen LogP contribution >= 0.6 is 11.8 Å². The molecule has 2 heterocycles. The van der Waals surface area contributed by atoms with Crippen molar-refractivity contribution in [3.63, 3.8) is 0 Å². The minimum absolute atomic E-state index is 0.00227. The Morgan fingerprint density at radius 1 is 1.18 bits per heavy atom. The largest absolute Gasteiger partial charge is 0.480 e. The van der Waals surface area contributed by atoms with Crippen LogP contribution in [0, 0.1) is 18.8 Å². The van der Waals surface area contributed by atoms with Crippen molar-refractivity contribution in [2.45, 2.75) is 19.4 Å². The van der Waals surface area contributed by atoms with E-state index < -0.39 is 22.0 Å². The molecule has 1 atom stereocenters. The number of rotatable bonds is 6. The number of aromatic nitrogens is 1. The second-order valence-corrected chi connectivity index (χ2v) is 10.4. The van der Waals surface area contributed by atoms with Gasteiger partial charge < -0.3 is 10.1 Å². The number of carboxylic acids is 1.